The van der Waals surface area contributed by atoms with E-state index in [4.69, 9.17) is 5.11 Å². The van der Waals surface area contributed by atoms with Crippen LogP contribution in [-0.2, 0) is 13.6 Å². The van der Waals surface area contributed by atoms with Gasteiger partial charge in [0.2, 0.25) is 0 Å². The molecule has 1 aromatic rings. The first-order chi connectivity index (χ1) is 6.76. The molecule has 1 fully saturated rings. The van der Waals surface area contributed by atoms with Crippen LogP contribution in [0.5, 0.6) is 0 Å². The Morgan fingerprint density at radius 1 is 1.64 bits per heavy atom. The van der Waals surface area contributed by atoms with E-state index in [2.05, 4.69) is 10.3 Å². The van der Waals surface area contributed by atoms with Gasteiger partial charge in [0.25, 0.3) is 0 Å². The third-order valence-corrected chi connectivity index (χ3v) is 3.02. The maximum atomic E-state index is 9.11. The van der Waals surface area contributed by atoms with Crippen LogP contribution in [0.1, 0.15) is 18.5 Å². The molecule has 14 heavy (non-hydrogen) atoms. The van der Waals surface area contributed by atoms with Gasteiger partial charge in [-0.1, -0.05) is 0 Å². The number of imidazole rings is 1. The van der Waals surface area contributed by atoms with Crippen LogP contribution in [-0.4, -0.2) is 27.8 Å². The molecule has 0 spiro atoms. The van der Waals surface area contributed by atoms with E-state index in [-0.39, 0.29) is 5.41 Å². The molecule has 78 valence electrons. The minimum Gasteiger partial charge on any atom is -0.396 e. The van der Waals surface area contributed by atoms with Gasteiger partial charge in [-0.2, -0.15) is 0 Å². The molecule has 2 rings (SSSR count). The first-order valence-electron chi connectivity index (χ1n) is 5.03. The molecule has 0 bridgehead atoms. The van der Waals surface area contributed by atoms with E-state index < -0.39 is 0 Å². The summed E-state index contributed by atoms with van der Waals surface area (Å²) in [6.07, 6.45) is 5.98. The molecule has 4 heteroatoms. The molecule has 1 saturated carbocycles. The van der Waals surface area contributed by atoms with E-state index in [0.717, 1.165) is 25.9 Å². The summed E-state index contributed by atoms with van der Waals surface area (Å²) < 4.78 is 2.01. The van der Waals surface area contributed by atoms with E-state index in [9.17, 15) is 0 Å². The molecule has 0 radical (unpaired) electrons. The van der Waals surface area contributed by atoms with Gasteiger partial charge in [-0.05, 0) is 12.8 Å². The van der Waals surface area contributed by atoms with Crippen molar-refractivity contribution < 1.29 is 5.11 Å². The summed E-state index contributed by atoms with van der Waals surface area (Å²) in [5, 5.41) is 12.5. The minimum absolute atomic E-state index is 0.193. The average molecular weight is 195 g/mol. The highest BCUT2D eigenvalue weighted by atomic mass is 16.3. The fourth-order valence-electron chi connectivity index (χ4n) is 1.58. The quantitative estimate of drug-likeness (QED) is 0.709. The van der Waals surface area contributed by atoms with Crippen molar-refractivity contribution in [3.05, 3.63) is 18.2 Å². The largest absolute Gasteiger partial charge is 0.396 e. The Morgan fingerprint density at radius 3 is 2.93 bits per heavy atom. The monoisotopic (exact) mass is 195 g/mol. The van der Waals surface area contributed by atoms with E-state index in [0.29, 0.717) is 6.61 Å². The molecule has 0 amide bonds. The zero-order chi connectivity index (χ0) is 10.0. The Hall–Kier alpha value is -0.870. The molecule has 1 heterocycles. The molecule has 1 aliphatic rings. The predicted molar refractivity (Wildman–Crippen MR) is 53.7 cm³/mol. The minimum atomic E-state index is 0.193. The van der Waals surface area contributed by atoms with Crippen LogP contribution in [0, 0.1) is 5.41 Å². The van der Waals surface area contributed by atoms with Crippen molar-refractivity contribution in [2.24, 2.45) is 12.5 Å². The number of aryl methyl sites for hydroxylation is 1. The van der Waals surface area contributed by atoms with Crippen LogP contribution in [0.15, 0.2) is 12.5 Å². The molecule has 2 N–H and O–H groups in total. The lowest BCUT2D eigenvalue weighted by Crippen LogP contribution is -2.26. The molecule has 0 aromatic carbocycles. The second kappa shape index (κ2) is 3.71. The van der Waals surface area contributed by atoms with Gasteiger partial charge in [0.15, 0.2) is 0 Å². The van der Waals surface area contributed by atoms with Gasteiger partial charge in [-0.25, -0.2) is 4.98 Å². The van der Waals surface area contributed by atoms with Crippen LogP contribution in [0.4, 0.5) is 0 Å². The van der Waals surface area contributed by atoms with Gasteiger partial charge in [-0.15, -0.1) is 0 Å². The van der Waals surface area contributed by atoms with Crippen molar-refractivity contribution in [2.45, 2.75) is 19.4 Å². The van der Waals surface area contributed by atoms with E-state index in [1.807, 2.05) is 17.8 Å². The summed E-state index contributed by atoms with van der Waals surface area (Å²) in [4.78, 5) is 4.05. The number of aromatic nitrogens is 2. The standard InChI is InChI=1S/C10H17N3O/c1-13-8-12-5-9(13)4-11-6-10(7-14)2-3-10/h5,8,11,14H,2-4,6-7H2,1H3. The van der Waals surface area contributed by atoms with Crippen molar-refractivity contribution in [1.82, 2.24) is 14.9 Å². The van der Waals surface area contributed by atoms with Crippen molar-refractivity contribution in [3.8, 4) is 0 Å². The third kappa shape index (κ3) is 1.96. The van der Waals surface area contributed by atoms with Gasteiger partial charge in [-0.3, -0.25) is 0 Å². The smallest absolute Gasteiger partial charge is 0.0945 e. The second-order valence-corrected chi connectivity index (χ2v) is 4.26. The number of aliphatic hydroxyl groups excluding tert-OH is 1. The number of nitrogens with zero attached hydrogens (tertiary/aromatic N) is 2. The molecule has 0 atom stereocenters. The molecule has 1 aromatic heterocycles. The van der Waals surface area contributed by atoms with E-state index in [1.54, 1.807) is 6.33 Å². The highest BCUT2D eigenvalue weighted by Gasteiger charge is 2.41. The Labute approximate surface area is 84.0 Å². The summed E-state index contributed by atoms with van der Waals surface area (Å²) in [5.41, 5.74) is 1.37. The predicted octanol–water partition coefficient (Wildman–Crippen LogP) is 0.282. The summed E-state index contributed by atoms with van der Waals surface area (Å²) in [7, 11) is 1.99. The molecule has 0 unspecified atom stereocenters. The molecule has 0 aliphatic heterocycles. The Kier molecular flexibility index (Phi) is 2.56. The molecular weight excluding hydrogens is 178 g/mol. The van der Waals surface area contributed by atoms with Gasteiger partial charge >= 0.3 is 0 Å². The van der Waals surface area contributed by atoms with E-state index >= 15 is 0 Å². The highest BCUT2D eigenvalue weighted by Crippen LogP contribution is 2.44. The maximum absolute atomic E-state index is 9.11. The Balaban J connectivity index is 1.76. The van der Waals surface area contributed by atoms with Crippen molar-refractivity contribution >= 4 is 0 Å². The lowest BCUT2D eigenvalue weighted by molar-refractivity contribution is 0.207. The topological polar surface area (TPSA) is 50.1 Å². The molecule has 4 nitrogen and oxygen atoms in total. The molecule has 0 saturated heterocycles. The summed E-state index contributed by atoms with van der Waals surface area (Å²) >= 11 is 0. The van der Waals surface area contributed by atoms with Crippen molar-refractivity contribution in [1.29, 1.82) is 0 Å². The lowest BCUT2D eigenvalue weighted by Gasteiger charge is -2.12. The van der Waals surface area contributed by atoms with Crippen LogP contribution < -0.4 is 5.32 Å². The number of hydrogen-bond donors (Lipinski definition) is 2. The summed E-state index contributed by atoms with van der Waals surface area (Å²) in [6, 6.07) is 0. The van der Waals surface area contributed by atoms with Crippen LogP contribution in [0.25, 0.3) is 0 Å². The first kappa shape index (κ1) is 9.68. The van der Waals surface area contributed by atoms with Crippen molar-refractivity contribution in [2.75, 3.05) is 13.2 Å². The fourth-order valence-corrected chi connectivity index (χ4v) is 1.58. The van der Waals surface area contributed by atoms with Crippen molar-refractivity contribution in [3.63, 3.8) is 0 Å². The van der Waals surface area contributed by atoms with Crippen LogP contribution in [0.2, 0.25) is 0 Å². The van der Waals surface area contributed by atoms with Gasteiger partial charge in [0, 0.05) is 38.4 Å². The normalized spacial score (nSPS) is 18.4. The zero-order valence-electron chi connectivity index (χ0n) is 8.53. The highest BCUT2D eigenvalue weighted by molar-refractivity contribution is 4.99. The van der Waals surface area contributed by atoms with Gasteiger partial charge in [0.05, 0.1) is 12.0 Å². The van der Waals surface area contributed by atoms with Crippen LogP contribution in [0.3, 0.4) is 0 Å². The molecular formula is C10H17N3O. The average Bonchev–Trinajstić information content (AvgIpc) is 2.86. The van der Waals surface area contributed by atoms with E-state index in [1.165, 1.54) is 5.69 Å². The Morgan fingerprint density at radius 2 is 2.43 bits per heavy atom. The second-order valence-electron chi connectivity index (χ2n) is 4.26. The molecule has 1 aliphatic carbocycles. The van der Waals surface area contributed by atoms with Gasteiger partial charge < -0.3 is 15.0 Å². The number of rotatable bonds is 5. The fraction of sp³-hybridized carbons (Fsp3) is 0.700. The maximum Gasteiger partial charge on any atom is 0.0945 e. The first-order valence-corrected chi connectivity index (χ1v) is 5.03. The SMILES string of the molecule is Cn1cncc1CNCC1(CO)CC1. The number of aliphatic hydroxyl groups is 1. The zero-order valence-corrected chi connectivity index (χ0v) is 8.53. The number of hydrogen-bond acceptors (Lipinski definition) is 3. The lowest BCUT2D eigenvalue weighted by atomic mass is 10.1. The van der Waals surface area contributed by atoms with Gasteiger partial charge in [0.1, 0.15) is 0 Å². The third-order valence-electron chi connectivity index (χ3n) is 3.02. The number of nitrogens with one attached hydrogen (secondary N) is 1. The Bertz CT molecular complexity index is 304. The van der Waals surface area contributed by atoms with Crippen LogP contribution >= 0.6 is 0 Å². The summed E-state index contributed by atoms with van der Waals surface area (Å²) in [6.45, 7) is 2.05. The summed E-state index contributed by atoms with van der Waals surface area (Å²) in [5.74, 6) is 0.